The number of pyridine rings is 1. The summed E-state index contributed by atoms with van der Waals surface area (Å²) in [6.07, 6.45) is 3.92. The van der Waals surface area contributed by atoms with Crippen molar-refractivity contribution in [2.24, 2.45) is 5.92 Å². The molecule has 190 valence electrons. The van der Waals surface area contributed by atoms with Crippen LogP contribution in [-0.4, -0.2) is 60.9 Å². The lowest BCUT2D eigenvalue weighted by Crippen LogP contribution is -2.52. The van der Waals surface area contributed by atoms with E-state index in [2.05, 4.69) is 21.7 Å². The molecule has 2 aliphatic rings. The number of piperazine rings is 1. The number of methoxy groups -OCH3 is 1. The Balaban J connectivity index is 1.59. The summed E-state index contributed by atoms with van der Waals surface area (Å²) in [5.41, 5.74) is 0.895. The molecule has 1 aliphatic heterocycles. The van der Waals surface area contributed by atoms with Gasteiger partial charge in [-0.15, -0.1) is 0 Å². The van der Waals surface area contributed by atoms with Crippen molar-refractivity contribution in [1.29, 1.82) is 0 Å². The summed E-state index contributed by atoms with van der Waals surface area (Å²) in [5, 5.41) is 0.410. The summed E-state index contributed by atoms with van der Waals surface area (Å²) < 4.78 is 11.0. The van der Waals surface area contributed by atoms with Crippen molar-refractivity contribution in [1.82, 2.24) is 9.88 Å². The van der Waals surface area contributed by atoms with Gasteiger partial charge in [0.2, 0.25) is 0 Å². The number of benzene rings is 1. The molecule has 0 spiro atoms. The first-order valence-corrected chi connectivity index (χ1v) is 12.8. The van der Waals surface area contributed by atoms with E-state index >= 15 is 0 Å². The van der Waals surface area contributed by atoms with Gasteiger partial charge in [0.15, 0.2) is 0 Å². The minimum atomic E-state index is -0.635. The number of carbonyl (C=O) groups is 1. The summed E-state index contributed by atoms with van der Waals surface area (Å²) in [4.78, 5) is 24.4. The molecule has 1 aromatic carbocycles. The summed E-state index contributed by atoms with van der Waals surface area (Å²) >= 11 is 6.62. The van der Waals surface area contributed by atoms with E-state index in [-0.39, 0.29) is 0 Å². The lowest BCUT2D eigenvalue weighted by atomic mass is 10.1. The number of amides is 1. The number of hydrogen-bond donors (Lipinski definition) is 0. The molecule has 0 radical (unpaired) electrons. The second-order valence-electron chi connectivity index (χ2n) is 10.7. The Morgan fingerprint density at radius 2 is 1.91 bits per heavy atom. The van der Waals surface area contributed by atoms with E-state index in [1.807, 2.05) is 51.1 Å². The van der Waals surface area contributed by atoms with Crippen LogP contribution in [0, 0.1) is 5.92 Å². The maximum Gasteiger partial charge on any atom is 0.415 e. The smallest absolute Gasteiger partial charge is 0.415 e. The van der Waals surface area contributed by atoms with E-state index in [0.29, 0.717) is 23.3 Å². The van der Waals surface area contributed by atoms with Gasteiger partial charge in [0, 0.05) is 38.3 Å². The van der Waals surface area contributed by atoms with Gasteiger partial charge >= 0.3 is 6.09 Å². The SMILES string of the molecule is COc1ccc(CN(C(=O)OC(C)(C)C)c2cc(N3CCN(CC4CC4)C[C@@H]3C)ncc2Cl)cc1. The first kappa shape index (κ1) is 25.6. The second-order valence-corrected chi connectivity index (χ2v) is 11.1. The molecular formula is C27H37ClN4O3. The van der Waals surface area contributed by atoms with Gasteiger partial charge in [-0.3, -0.25) is 9.80 Å². The molecule has 1 saturated carbocycles. The van der Waals surface area contributed by atoms with Crippen LogP contribution in [0.2, 0.25) is 5.02 Å². The van der Waals surface area contributed by atoms with Crippen molar-refractivity contribution in [3.8, 4) is 5.75 Å². The molecule has 2 fully saturated rings. The van der Waals surface area contributed by atoms with Crippen molar-refractivity contribution in [3.05, 3.63) is 47.1 Å². The number of aromatic nitrogens is 1. The lowest BCUT2D eigenvalue weighted by Gasteiger charge is -2.41. The fourth-order valence-electron chi connectivity index (χ4n) is 4.46. The molecule has 2 aromatic rings. The van der Waals surface area contributed by atoms with Crippen molar-refractivity contribution in [2.45, 2.75) is 58.7 Å². The first-order valence-electron chi connectivity index (χ1n) is 12.4. The van der Waals surface area contributed by atoms with Gasteiger partial charge in [-0.1, -0.05) is 23.7 Å². The van der Waals surface area contributed by atoms with Crippen LogP contribution in [-0.2, 0) is 11.3 Å². The third-order valence-electron chi connectivity index (χ3n) is 6.44. The van der Waals surface area contributed by atoms with E-state index in [4.69, 9.17) is 21.1 Å². The summed E-state index contributed by atoms with van der Waals surface area (Å²) in [6, 6.07) is 9.88. The number of rotatable bonds is 7. The van der Waals surface area contributed by atoms with E-state index in [1.165, 1.54) is 19.4 Å². The highest BCUT2D eigenvalue weighted by molar-refractivity contribution is 6.33. The van der Waals surface area contributed by atoms with Crippen molar-refractivity contribution >= 4 is 29.2 Å². The first-order chi connectivity index (χ1) is 16.6. The number of halogens is 1. The normalized spacial score (nSPS) is 18.9. The molecule has 8 heteroatoms. The predicted molar refractivity (Wildman–Crippen MR) is 141 cm³/mol. The fraction of sp³-hybridized carbons (Fsp3) is 0.556. The predicted octanol–water partition coefficient (Wildman–Crippen LogP) is 5.61. The second kappa shape index (κ2) is 10.6. The Bertz CT molecular complexity index is 1020. The zero-order valence-electron chi connectivity index (χ0n) is 21.5. The van der Waals surface area contributed by atoms with E-state index in [0.717, 1.165) is 42.7 Å². The molecule has 4 rings (SSSR count). The van der Waals surface area contributed by atoms with Gasteiger partial charge in [0.25, 0.3) is 0 Å². The summed E-state index contributed by atoms with van der Waals surface area (Å²) in [5.74, 6) is 2.47. The highest BCUT2D eigenvalue weighted by atomic mass is 35.5. The van der Waals surface area contributed by atoms with Crippen LogP contribution in [0.3, 0.4) is 0 Å². The zero-order chi connectivity index (χ0) is 25.2. The quantitative estimate of drug-likeness (QED) is 0.492. The van der Waals surface area contributed by atoms with Gasteiger partial charge in [0.1, 0.15) is 17.2 Å². The van der Waals surface area contributed by atoms with E-state index in [1.54, 1.807) is 18.2 Å². The molecule has 1 atom stereocenters. The van der Waals surface area contributed by atoms with Crippen molar-refractivity contribution in [3.63, 3.8) is 0 Å². The van der Waals surface area contributed by atoms with Crippen LogP contribution in [0.15, 0.2) is 36.5 Å². The Labute approximate surface area is 214 Å². The standard InChI is InChI=1S/C27H37ClN4O3/c1-19-16-30(17-20-6-7-20)12-13-31(19)25-14-24(23(28)15-29-25)32(26(33)35-27(2,3)4)18-21-8-10-22(34-5)11-9-21/h8-11,14-15,19-20H,6-7,12-13,16-18H2,1-5H3/t19-/m0/s1. The lowest BCUT2D eigenvalue weighted by molar-refractivity contribution is 0.0577. The number of nitrogens with zero attached hydrogens (tertiary/aromatic N) is 4. The Morgan fingerprint density at radius 3 is 2.51 bits per heavy atom. The van der Waals surface area contributed by atoms with Gasteiger partial charge < -0.3 is 14.4 Å². The largest absolute Gasteiger partial charge is 0.497 e. The average molecular weight is 501 g/mol. The summed E-state index contributed by atoms with van der Waals surface area (Å²) in [6.45, 7) is 12.2. The summed E-state index contributed by atoms with van der Waals surface area (Å²) in [7, 11) is 1.63. The van der Waals surface area contributed by atoms with Crippen LogP contribution < -0.4 is 14.5 Å². The maximum absolute atomic E-state index is 13.3. The molecule has 1 saturated heterocycles. The van der Waals surface area contributed by atoms with Crippen LogP contribution in [0.5, 0.6) is 5.75 Å². The Morgan fingerprint density at radius 1 is 1.20 bits per heavy atom. The van der Waals surface area contributed by atoms with Crippen LogP contribution >= 0.6 is 11.6 Å². The third-order valence-corrected chi connectivity index (χ3v) is 6.74. The van der Waals surface area contributed by atoms with Crippen LogP contribution in [0.4, 0.5) is 16.3 Å². The van der Waals surface area contributed by atoms with E-state index < -0.39 is 11.7 Å². The monoisotopic (exact) mass is 500 g/mol. The molecule has 1 aromatic heterocycles. The van der Waals surface area contributed by atoms with Gasteiger partial charge in [0.05, 0.1) is 30.6 Å². The minimum Gasteiger partial charge on any atom is -0.497 e. The van der Waals surface area contributed by atoms with Crippen molar-refractivity contribution in [2.75, 3.05) is 43.1 Å². The number of ether oxygens (including phenoxy) is 2. The minimum absolute atomic E-state index is 0.312. The molecule has 1 amide bonds. The molecule has 0 bridgehead atoms. The maximum atomic E-state index is 13.3. The highest BCUT2D eigenvalue weighted by Crippen LogP contribution is 2.34. The molecule has 7 nitrogen and oxygen atoms in total. The fourth-order valence-corrected chi connectivity index (χ4v) is 4.67. The number of carbonyl (C=O) groups excluding carboxylic acids is 1. The Kier molecular flexibility index (Phi) is 7.77. The van der Waals surface area contributed by atoms with Crippen molar-refractivity contribution < 1.29 is 14.3 Å². The zero-order valence-corrected chi connectivity index (χ0v) is 22.2. The molecule has 1 aliphatic carbocycles. The molecular weight excluding hydrogens is 464 g/mol. The number of hydrogen-bond acceptors (Lipinski definition) is 6. The number of anilines is 2. The molecule has 0 unspecified atom stereocenters. The highest BCUT2D eigenvalue weighted by Gasteiger charge is 2.31. The van der Waals surface area contributed by atoms with Gasteiger partial charge in [-0.05, 0) is 64.2 Å². The molecule has 0 N–H and O–H groups in total. The molecule has 35 heavy (non-hydrogen) atoms. The van der Waals surface area contributed by atoms with Gasteiger partial charge in [-0.25, -0.2) is 9.78 Å². The van der Waals surface area contributed by atoms with Gasteiger partial charge in [-0.2, -0.15) is 0 Å². The average Bonchev–Trinajstić information content (AvgIpc) is 3.61. The van der Waals surface area contributed by atoms with Crippen LogP contribution in [0.1, 0.15) is 46.1 Å². The van der Waals surface area contributed by atoms with E-state index in [9.17, 15) is 4.79 Å². The topological polar surface area (TPSA) is 58.1 Å². The van der Waals surface area contributed by atoms with Crippen LogP contribution in [0.25, 0.3) is 0 Å². The third kappa shape index (κ3) is 6.79. The Hall–Kier alpha value is -2.51. The molecule has 2 heterocycles.